The monoisotopic (exact) mass is 335 g/mol. The Hall–Kier alpha value is -2.55. The van der Waals surface area contributed by atoms with E-state index < -0.39 is 0 Å². The third kappa shape index (κ3) is 4.50. The molecule has 1 aliphatic rings. The van der Waals surface area contributed by atoms with Crippen LogP contribution in [0.5, 0.6) is 5.75 Å². The van der Waals surface area contributed by atoms with E-state index in [0.29, 0.717) is 6.54 Å². The van der Waals surface area contributed by atoms with Crippen LogP contribution >= 0.6 is 0 Å². The van der Waals surface area contributed by atoms with Gasteiger partial charge in [-0.15, -0.1) is 0 Å². The molecule has 1 amide bonds. The number of carbonyl (C=O) groups excluding carboxylic acids is 1. The van der Waals surface area contributed by atoms with Crippen LogP contribution in [0.2, 0.25) is 0 Å². The molecule has 2 aromatic carbocycles. The summed E-state index contributed by atoms with van der Waals surface area (Å²) in [5, 5.41) is 2.92. The summed E-state index contributed by atoms with van der Waals surface area (Å²) < 4.78 is 5.95. The number of hydrogen-bond acceptors (Lipinski definition) is 2. The van der Waals surface area contributed by atoms with E-state index in [1.54, 1.807) is 6.08 Å². The van der Waals surface area contributed by atoms with Crippen molar-refractivity contribution in [2.45, 2.75) is 38.7 Å². The van der Waals surface area contributed by atoms with Crippen LogP contribution in [0.4, 0.5) is 0 Å². The largest absolute Gasteiger partial charge is 0.488 e. The summed E-state index contributed by atoms with van der Waals surface area (Å²) in [4.78, 5) is 12.0. The van der Waals surface area contributed by atoms with Crippen molar-refractivity contribution in [2.24, 2.45) is 0 Å². The molecule has 0 aliphatic carbocycles. The molecule has 0 radical (unpaired) electrons. The van der Waals surface area contributed by atoms with Gasteiger partial charge in [0.2, 0.25) is 5.91 Å². The molecule has 3 nitrogen and oxygen atoms in total. The van der Waals surface area contributed by atoms with Gasteiger partial charge in [-0.2, -0.15) is 0 Å². The lowest BCUT2D eigenvalue weighted by Crippen LogP contribution is -2.33. The van der Waals surface area contributed by atoms with Crippen LogP contribution in [0.15, 0.2) is 54.6 Å². The molecule has 25 heavy (non-hydrogen) atoms. The van der Waals surface area contributed by atoms with E-state index >= 15 is 0 Å². The van der Waals surface area contributed by atoms with Crippen LogP contribution in [0.3, 0.4) is 0 Å². The summed E-state index contributed by atoms with van der Waals surface area (Å²) >= 11 is 0. The molecular weight excluding hydrogens is 310 g/mol. The molecule has 0 saturated carbocycles. The summed E-state index contributed by atoms with van der Waals surface area (Å²) in [5.74, 6) is 0.839. The maximum atomic E-state index is 12.0. The Balaban J connectivity index is 1.53. The van der Waals surface area contributed by atoms with Crippen molar-refractivity contribution in [1.29, 1.82) is 0 Å². The van der Waals surface area contributed by atoms with E-state index in [4.69, 9.17) is 4.74 Å². The van der Waals surface area contributed by atoms with Gasteiger partial charge in [0.15, 0.2) is 0 Å². The van der Waals surface area contributed by atoms with E-state index in [1.165, 1.54) is 11.1 Å². The minimum absolute atomic E-state index is 0.000654. The number of hydrogen-bond donors (Lipinski definition) is 1. The molecule has 1 heterocycles. The van der Waals surface area contributed by atoms with E-state index in [-0.39, 0.29) is 17.4 Å². The van der Waals surface area contributed by atoms with E-state index in [0.717, 1.165) is 17.7 Å². The Morgan fingerprint density at radius 2 is 1.96 bits per heavy atom. The first-order valence-electron chi connectivity index (χ1n) is 8.73. The normalized spacial score (nSPS) is 16.5. The first kappa shape index (κ1) is 17.3. The second-order valence-corrected chi connectivity index (χ2v) is 7.51. The molecule has 3 heteroatoms. The third-order valence-corrected chi connectivity index (χ3v) is 4.40. The van der Waals surface area contributed by atoms with E-state index in [2.05, 4.69) is 38.2 Å². The van der Waals surface area contributed by atoms with Crippen LogP contribution in [0, 0.1) is 0 Å². The van der Waals surface area contributed by atoms with Crippen LogP contribution < -0.4 is 10.1 Å². The molecule has 0 bridgehead atoms. The van der Waals surface area contributed by atoms with Gasteiger partial charge in [-0.25, -0.2) is 0 Å². The molecule has 2 aromatic rings. The lowest BCUT2D eigenvalue weighted by molar-refractivity contribution is -0.116. The number of ether oxygens (including phenoxy) is 1. The minimum Gasteiger partial charge on any atom is -0.488 e. The molecule has 1 atom stereocenters. The van der Waals surface area contributed by atoms with E-state index in [1.807, 2.05) is 42.5 Å². The maximum absolute atomic E-state index is 12.0. The summed E-state index contributed by atoms with van der Waals surface area (Å²) in [5.41, 5.74) is 3.68. The quantitative estimate of drug-likeness (QED) is 0.854. The molecule has 1 unspecified atom stereocenters. The van der Waals surface area contributed by atoms with Crippen LogP contribution in [-0.2, 0) is 16.6 Å². The average Bonchev–Trinajstić information content (AvgIpc) is 3.00. The Morgan fingerprint density at radius 1 is 1.20 bits per heavy atom. The standard InChI is InChI=1S/C22H25NO2/c1-22(2,3)18-10-11-20-17(13-18)14-19(25-20)15-23-21(24)12-9-16-7-5-4-6-8-16/h4-13,19H,14-15H2,1-3H3,(H,23,24)/b12-9+. The number of carbonyl (C=O) groups is 1. The maximum Gasteiger partial charge on any atom is 0.244 e. The molecule has 3 rings (SSSR count). The highest BCUT2D eigenvalue weighted by Crippen LogP contribution is 2.33. The van der Waals surface area contributed by atoms with Crippen molar-refractivity contribution in [3.63, 3.8) is 0 Å². The third-order valence-electron chi connectivity index (χ3n) is 4.40. The zero-order chi connectivity index (χ0) is 17.9. The molecule has 1 N–H and O–H groups in total. The van der Waals surface area contributed by atoms with Gasteiger partial charge >= 0.3 is 0 Å². The van der Waals surface area contributed by atoms with Crippen LogP contribution in [0.1, 0.15) is 37.5 Å². The fourth-order valence-corrected chi connectivity index (χ4v) is 2.91. The van der Waals surface area contributed by atoms with Crippen LogP contribution in [0.25, 0.3) is 6.08 Å². The fourth-order valence-electron chi connectivity index (χ4n) is 2.91. The van der Waals surface area contributed by atoms with Gasteiger partial charge in [0.25, 0.3) is 0 Å². The van der Waals surface area contributed by atoms with Crippen molar-refractivity contribution in [3.05, 3.63) is 71.3 Å². The fraction of sp³-hybridized carbons (Fsp3) is 0.318. The average molecular weight is 335 g/mol. The molecule has 0 spiro atoms. The second-order valence-electron chi connectivity index (χ2n) is 7.51. The summed E-state index contributed by atoms with van der Waals surface area (Å²) in [6.07, 6.45) is 4.21. The number of fused-ring (bicyclic) bond motifs is 1. The van der Waals surface area contributed by atoms with Gasteiger partial charge in [0.1, 0.15) is 11.9 Å². The van der Waals surface area contributed by atoms with Gasteiger partial charge < -0.3 is 10.1 Å². The van der Waals surface area contributed by atoms with Gasteiger partial charge in [-0.05, 0) is 34.2 Å². The highest BCUT2D eigenvalue weighted by molar-refractivity contribution is 5.91. The highest BCUT2D eigenvalue weighted by atomic mass is 16.5. The van der Waals surface area contributed by atoms with Crippen molar-refractivity contribution in [2.75, 3.05) is 6.54 Å². The summed E-state index contributed by atoms with van der Waals surface area (Å²) in [6.45, 7) is 7.14. The van der Waals surface area contributed by atoms with Gasteiger partial charge in [-0.1, -0.05) is 63.2 Å². The lowest BCUT2D eigenvalue weighted by Gasteiger charge is -2.19. The molecule has 0 fully saturated rings. The summed E-state index contributed by atoms with van der Waals surface area (Å²) in [7, 11) is 0. The van der Waals surface area contributed by atoms with E-state index in [9.17, 15) is 4.79 Å². The smallest absolute Gasteiger partial charge is 0.244 e. The Bertz CT molecular complexity index is 772. The molecule has 1 aliphatic heterocycles. The Labute approximate surface area is 149 Å². The number of rotatable bonds is 4. The van der Waals surface area contributed by atoms with Crippen molar-refractivity contribution in [1.82, 2.24) is 5.32 Å². The van der Waals surface area contributed by atoms with Gasteiger partial charge in [0.05, 0.1) is 6.54 Å². The Kier molecular flexibility index (Phi) is 4.93. The van der Waals surface area contributed by atoms with Crippen molar-refractivity contribution >= 4 is 12.0 Å². The Morgan fingerprint density at radius 3 is 2.68 bits per heavy atom. The lowest BCUT2D eigenvalue weighted by atomic mass is 9.86. The van der Waals surface area contributed by atoms with Gasteiger partial charge in [-0.3, -0.25) is 4.79 Å². The minimum atomic E-state index is -0.0983. The zero-order valence-corrected chi connectivity index (χ0v) is 15.1. The number of nitrogens with one attached hydrogen (secondary N) is 1. The second kappa shape index (κ2) is 7.14. The zero-order valence-electron chi connectivity index (χ0n) is 15.1. The van der Waals surface area contributed by atoms with Gasteiger partial charge in [0, 0.05) is 12.5 Å². The van der Waals surface area contributed by atoms with Crippen LogP contribution in [-0.4, -0.2) is 18.6 Å². The first-order chi connectivity index (χ1) is 11.9. The number of amides is 1. The highest BCUT2D eigenvalue weighted by Gasteiger charge is 2.25. The molecule has 0 aromatic heterocycles. The summed E-state index contributed by atoms with van der Waals surface area (Å²) in [6, 6.07) is 16.2. The number of benzene rings is 2. The van der Waals surface area contributed by atoms with Crippen molar-refractivity contribution in [3.8, 4) is 5.75 Å². The molecule has 0 saturated heterocycles. The molecular formula is C22H25NO2. The first-order valence-corrected chi connectivity index (χ1v) is 8.73. The van der Waals surface area contributed by atoms with Crippen molar-refractivity contribution < 1.29 is 9.53 Å². The SMILES string of the molecule is CC(C)(C)c1ccc2c(c1)CC(CNC(=O)/C=C/c1ccccc1)O2. The molecule has 130 valence electrons. The predicted molar refractivity (Wildman–Crippen MR) is 102 cm³/mol. The topological polar surface area (TPSA) is 38.3 Å². The predicted octanol–water partition coefficient (Wildman–Crippen LogP) is 4.12.